The number of Topliss-reactive ketones (excluding diaryl/α,β-unsaturated/α-hetero) is 1. The molecule has 7 heterocycles. The SMILES string of the molecule is [B][C@@H]1O[C@H](COC(C)C)[C@@H]2OP(=O)([O-])OC12O.[B][C@@H]1O[C@H](COC(C)C)[C@H](OP(=O)([O-])OC[C@H]2O[C@@H]([B])C[C@H]2OC(C)C)C1(O)O.[B][C@@H]1O[C@H](COP(=O)([O-])O[C@@H]2C[C@H]([B])O[C@@H]2COC(C)C)[C@H](OC(C)C)C1=O.[B][C@H]1C[C@@H](OC(C)C)[C@@H](CO)O1.[OH-].[OH-]. The van der Waals surface area contributed by atoms with Crippen molar-refractivity contribution >= 4 is 76.3 Å². The number of hydrogen-bond donors (Lipinski definition) is 4. The molecule has 0 aromatic heterocycles. The molecule has 0 aromatic carbocycles. The minimum absolute atomic E-state index is 0. The molecule has 0 aliphatic carbocycles. The van der Waals surface area contributed by atoms with Gasteiger partial charge in [0.15, 0.2) is 11.9 Å². The van der Waals surface area contributed by atoms with Gasteiger partial charge in [-0.15, -0.1) is 0 Å². The zero-order chi connectivity index (χ0) is 65.0. The number of fused-ring (bicyclic) bond motifs is 1. The van der Waals surface area contributed by atoms with Gasteiger partial charge in [0, 0.05) is 18.0 Å². The lowest BCUT2D eigenvalue weighted by atomic mass is 9.90. The largest absolute Gasteiger partial charge is 0.870 e. The Kier molecular flexibility index (Phi) is 34.9. The van der Waals surface area contributed by atoms with Gasteiger partial charge in [0.1, 0.15) is 95.9 Å². The molecule has 31 nitrogen and oxygen atoms in total. The number of rotatable bonds is 26. The van der Waals surface area contributed by atoms with Crippen LogP contribution in [0, 0.1) is 0 Å². The quantitative estimate of drug-likeness (QED) is 0.0390. The summed E-state index contributed by atoms with van der Waals surface area (Å²) in [4.78, 5) is 47.7. The van der Waals surface area contributed by atoms with Crippen LogP contribution in [0.3, 0.4) is 0 Å². The van der Waals surface area contributed by atoms with Crippen molar-refractivity contribution in [3.05, 3.63) is 0 Å². The lowest BCUT2D eigenvalue weighted by Crippen LogP contribution is -2.50. The Bertz CT molecular complexity index is 2210. The molecule has 7 rings (SSSR count). The molecule has 0 spiro atoms. The highest BCUT2D eigenvalue weighted by atomic mass is 31.2. The molecule has 7 saturated heterocycles. The van der Waals surface area contributed by atoms with E-state index in [1.54, 1.807) is 27.7 Å². The van der Waals surface area contributed by atoms with Crippen molar-refractivity contribution in [3.8, 4) is 0 Å². The maximum atomic E-state index is 12.3. The van der Waals surface area contributed by atoms with Gasteiger partial charge >= 0.3 is 0 Å². The van der Waals surface area contributed by atoms with Crippen molar-refractivity contribution in [1.29, 1.82) is 0 Å². The van der Waals surface area contributed by atoms with E-state index in [0.717, 1.165) is 0 Å². The Balaban J connectivity index is 0.000000416. The van der Waals surface area contributed by atoms with E-state index in [2.05, 4.69) is 9.05 Å². The topological polar surface area (TPSA) is 445 Å². The molecule has 12 radical (unpaired) electrons. The van der Waals surface area contributed by atoms with E-state index in [0.29, 0.717) is 12.8 Å². The van der Waals surface area contributed by atoms with Crippen molar-refractivity contribution in [1.82, 2.24) is 0 Å². The molecule has 0 saturated carbocycles. The van der Waals surface area contributed by atoms with E-state index in [9.17, 15) is 48.5 Å². The summed E-state index contributed by atoms with van der Waals surface area (Å²) in [6.07, 6.45) is -9.14. The van der Waals surface area contributed by atoms with Gasteiger partial charge in [0.2, 0.25) is 11.6 Å². The van der Waals surface area contributed by atoms with Crippen LogP contribution < -0.4 is 14.7 Å². The first-order valence-corrected chi connectivity index (χ1v) is 32.6. The van der Waals surface area contributed by atoms with Crippen molar-refractivity contribution < 1.29 is 149 Å². The fourth-order valence-corrected chi connectivity index (χ4v) is 12.2. The standard InChI is InChI=1S/C16H29B2O10P.C16H27B2O9P.C8H14BO7P.C8H15BO3.2H2O/c1-8(2)23-6-12-14(16(19,20)15(18)27-12)28-29(21,22)24-7-11-10(25-9(3)4)5-13(17)26-11;1-8(2)22-6-11-10(5-13(17)25-11)27-28(20,21)23-7-12-15(24-9(3)4)14(19)16(18)26-12;1-4(2)13-3-5-6-8(10,7(9)14-5)16-17(11,12)15-6;1-5(2)11-6-3-8(9)12-7(6)4-10;;/h8-15,19-20H,5-7H2,1-4H3,(H,21,22);8-13,15-16H,5-7H2,1-4H3,(H,20,21);4-7,10H,3H2,1-2H3,(H,11,12);5-8,10H,3-4H2,1-2H3;2*1H2/p-5/t10-,11-,12-,13-,14+,15-;10-,11-,12-,13-,15+,16-;5-,6+,7-,8?;6-,7-,8-;;/m1111../s1. The second-order valence-corrected chi connectivity index (χ2v) is 26.7. The number of hydrogen-bond acceptors (Lipinski definition) is 31. The molecular formula is C48H84B6O31P3-5. The van der Waals surface area contributed by atoms with Crippen LogP contribution in [0.5, 0.6) is 0 Å². The molecule has 6 N–H and O–H groups in total. The summed E-state index contributed by atoms with van der Waals surface area (Å²) in [5.74, 6) is -5.39. The Labute approximate surface area is 522 Å². The average Bonchev–Trinajstić information content (AvgIpc) is 2.25. The number of ether oxygens (including phenoxy) is 12. The first kappa shape index (κ1) is 83.8. The van der Waals surface area contributed by atoms with E-state index >= 15 is 0 Å². The number of phosphoric acid groups is 3. The summed E-state index contributed by atoms with van der Waals surface area (Å²) in [5.41, 5.74) is 0. The summed E-state index contributed by atoms with van der Waals surface area (Å²) >= 11 is 0. The maximum Gasteiger partial charge on any atom is 0.271 e. The molecule has 7 fully saturated rings. The number of phosphoric ester groups is 3. The third-order valence-electron chi connectivity index (χ3n) is 13.0. The van der Waals surface area contributed by atoms with Crippen LogP contribution in [0.2, 0.25) is 0 Å². The van der Waals surface area contributed by atoms with E-state index in [-0.39, 0.29) is 98.6 Å². The second kappa shape index (κ2) is 36.7. The first-order valence-electron chi connectivity index (χ1n) is 28.2. The number of aliphatic hydroxyl groups excluding tert-OH is 1. The van der Waals surface area contributed by atoms with Gasteiger partial charge in [-0.1, -0.05) is 0 Å². The van der Waals surface area contributed by atoms with Crippen LogP contribution in [-0.2, 0) is 102 Å². The number of carbonyl (C=O) groups excluding carboxylic acids is 1. The highest BCUT2D eigenvalue weighted by molar-refractivity contribution is 7.46. The minimum atomic E-state index is -5.00. The van der Waals surface area contributed by atoms with Gasteiger partial charge in [0.05, 0.1) is 113 Å². The van der Waals surface area contributed by atoms with Crippen molar-refractivity contribution in [3.63, 3.8) is 0 Å². The van der Waals surface area contributed by atoms with Crippen LogP contribution >= 0.6 is 23.5 Å². The molecule has 0 aromatic rings. The molecule has 88 heavy (non-hydrogen) atoms. The Morgan fingerprint density at radius 2 is 0.966 bits per heavy atom. The van der Waals surface area contributed by atoms with Gasteiger partial charge in [-0.3, -0.25) is 23.0 Å². The molecule has 7 aliphatic rings. The monoisotopic (exact) mass is 1320 g/mol. The van der Waals surface area contributed by atoms with Gasteiger partial charge in [-0.25, -0.2) is 0 Å². The lowest BCUT2D eigenvalue weighted by molar-refractivity contribution is -0.259. The van der Waals surface area contributed by atoms with E-state index in [1.165, 1.54) is 0 Å². The number of ketones is 1. The molecule has 0 amide bonds. The predicted molar refractivity (Wildman–Crippen MR) is 302 cm³/mol. The fourth-order valence-electron chi connectivity index (χ4n) is 9.17. The van der Waals surface area contributed by atoms with Crippen molar-refractivity contribution in [2.75, 3.05) is 39.6 Å². The van der Waals surface area contributed by atoms with Gasteiger partial charge in [0.25, 0.3) is 23.5 Å². The third-order valence-corrected chi connectivity index (χ3v) is 15.9. The van der Waals surface area contributed by atoms with Gasteiger partial charge in [-0.05, 0) is 102 Å². The van der Waals surface area contributed by atoms with Crippen LogP contribution in [0.4, 0.5) is 0 Å². The summed E-state index contributed by atoms with van der Waals surface area (Å²) in [6, 6.07) is -5.63. The van der Waals surface area contributed by atoms with Gasteiger partial charge in [-0.2, -0.15) is 0 Å². The first-order chi connectivity index (χ1) is 39.7. The Hall–Kier alpha value is -0.330. The van der Waals surface area contributed by atoms with E-state index < -0.39 is 145 Å². The van der Waals surface area contributed by atoms with E-state index in [1.807, 2.05) is 55.4 Å². The minimum Gasteiger partial charge on any atom is -0.870 e. The molecule has 4 unspecified atom stereocenters. The van der Waals surface area contributed by atoms with Crippen molar-refractivity contribution in [2.24, 2.45) is 0 Å². The number of carbonyl (C=O) groups is 1. The summed E-state index contributed by atoms with van der Waals surface area (Å²) < 4.78 is 129. The lowest BCUT2D eigenvalue weighted by Gasteiger charge is -2.34. The van der Waals surface area contributed by atoms with E-state index in [4.69, 9.17) is 127 Å². The summed E-state index contributed by atoms with van der Waals surface area (Å²) in [7, 11) is 19.3. The highest BCUT2D eigenvalue weighted by Crippen LogP contribution is 2.58. The van der Waals surface area contributed by atoms with Crippen LogP contribution in [-0.4, -0.2) is 281 Å². The normalized spacial score (nSPS) is 38.0. The molecule has 7 aliphatic heterocycles. The zero-order valence-electron chi connectivity index (χ0n) is 51.4. The van der Waals surface area contributed by atoms with Gasteiger partial charge < -0.3 is 126 Å². The third kappa shape index (κ3) is 26.0. The summed E-state index contributed by atoms with van der Waals surface area (Å²) in [6.45, 7) is 21.0. The Morgan fingerprint density at radius 1 is 0.557 bits per heavy atom. The highest BCUT2D eigenvalue weighted by Gasteiger charge is 2.63. The molecule has 0 bridgehead atoms. The molecule has 22 atom stereocenters. The number of aliphatic hydroxyl groups is 4. The average molecular weight is 1310 g/mol. The predicted octanol–water partition coefficient (Wildman–Crippen LogP) is -2.67. The summed E-state index contributed by atoms with van der Waals surface area (Å²) in [5, 5.41) is 39.1. The smallest absolute Gasteiger partial charge is 0.271 e. The fraction of sp³-hybridized carbons (Fsp3) is 0.979. The molecular weight excluding hydrogens is 1230 g/mol. The maximum absolute atomic E-state index is 12.3. The van der Waals surface area contributed by atoms with Crippen molar-refractivity contribution in [2.45, 2.75) is 260 Å². The van der Waals surface area contributed by atoms with Crippen LogP contribution in [0.1, 0.15) is 102 Å². The zero-order valence-corrected chi connectivity index (χ0v) is 54.1. The Morgan fingerprint density at radius 3 is 1.44 bits per heavy atom. The molecule has 40 heteroatoms. The molecule has 500 valence electrons. The van der Waals surface area contributed by atoms with Crippen LogP contribution in [0.15, 0.2) is 0 Å². The second-order valence-electron chi connectivity index (χ2n) is 22.7. The van der Waals surface area contributed by atoms with Crippen LogP contribution in [0.25, 0.3) is 0 Å².